The number of primary amides is 1. The Morgan fingerprint density at radius 3 is 2.50 bits per heavy atom. The summed E-state index contributed by atoms with van der Waals surface area (Å²) >= 11 is 0. The van der Waals surface area contributed by atoms with Crippen LogP contribution in [0.15, 0.2) is 71.0 Å². The fourth-order valence-electron chi connectivity index (χ4n) is 2.02. The Morgan fingerprint density at radius 1 is 1.21 bits per heavy atom. The van der Waals surface area contributed by atoms with Crippen molar-refractivity contribution in [1.82, 2.24) is 4.90 Å². The van der Waals surface area contributed by atoms with Gasteiger partial charge in [-0.15, -0.1) is 0 Å². The van der Waals surface area contributed by atoms with Crippen molar-refractivity contribution in [2.45, 2.75) is 26.7 Å². The van der Waals surface area contributed by atoms with Gasteiger partial charge in [0, 0.05) is 30.9 Å². The van der Waals surface area contributed by atoms with Gasteiger partial charge in [0.1, 0.15) is 0 Å². The van der Waals surface area contributed by atoms with Crippen molar-refractivity contribution in [3.05, 3.63) is 71.0 Å². The molecule has 0 aliphatic heterocycles. The molecule has 0 bridgehead atoms. The van der Waals surface area contributed by atoms with Crippen molar-refractivity contribution in [3.8, 4) is 11.8 Å². The van der Waals surface area contributed by atoms with Gasteiger partial charge in [0.25, 0.3) is 5.91 Å². The number of carbonyl (C=O) groups excluding carboxylic acids is 1. The van der Waals surface area contributed by atoms with Gasteiger partial charge in [-0.25, -0.2) is 0 Å². The summed E-state index contributed by atoms with van der Waals surface area (Å²) in [7, 11) is 3.78. The van der Waals surface area contributed by atoms with E-state index in [1.807, 2.05) is 74.5 Å². The zero-order valence-corrected chi connectivity index (χ0v) is 15.0. The van der Waals surface area contributed by atoms with Crippen LogP contribution >= 0.6 is 0 Å². The van der Waals surface area contributed by atoms with Gasteiger partial charge in [-0.3, -0.25) is 4.79 Å². The van der Waals surface area contributed by atoms with Gasteiger partial charge < -0.3 is 10.6 Å². The lowest BCUT2D eigenvalue weighted by atomic mass is 10.0. The highest BCUT2D eigenvalue weighted by molar-refractivity contribution is 5.98. The second-order valence-corrected chi connectivity index (χ2v) is 5.63. The lowest BCUT2D eigenvalue weighted by molar-refractivity contribution is -0.114. The van der Waals surface area contributed by atoms with Gasteiger partial charge in [-0.1, -0.05) is 61.6 Å². The fraction of sp³-hybridized carbons (Fsp3) is 0.286. The van der Waals surface area contributed by atoms with Gasteiger partial charge >= 0.3 is 0 Å². The smallest absolute Gasteiger partial charge is 0.251 e. The Bertz CT molecular complexity index is 702. The predicted octanol–water partition coefficient (Wildman–Crippen LogP) is 3.65. The molecule has 0 aromatic carbocycles. The molecule has 1 aliphatic rings. The molecule has 2 N–H and O–H groups in total. The molecule has 0 saturated carbocycles. The molecule has 126 valence electrons. The van der Waals surface area contributed by atoms with Crippen LogP contribution < -0.4 is 5.73 Å². The molecule has 3 heteroatoms. The Hall–Kier alpha value is -2.73. The number of unbranched alkanes of at least 4 members (excludes halogenated alkanes) is 1. The summed E-state index contributed by atoms with van der Waals surface area (Å²) in [6.45, 7) is 3.97. The summed E-state index contributed by atoms with van der Waals surface area (Å²) in [5.74, 6) is 5.82. The monoisotopic (exact) mass is 322 g/mol. The van der Waals surface area contributed by atoms with Crippen LogP contribution in [-0.2, 0) is 4.79 Å². The zero-order chi connectivity index (χ0) is 17.9. The number of nitrogens with zero attached hydrogens (tertiary/aromatic N) is 1. The van der Waals surface area contributed by atoms with Crippen molar-refractivity contribution in [3.63, 3.8) is 0 Å². The van der Waals surface area contributed by atoms with Crippen LogP contribution in [0.5, 0.6) is 0 Å². The Balaban J connectivity index is 3.32. The van der Waals surface area contributed by atoms with E-state index in [4.69, 9.17) is 5.73 Å². The maximum atomic E-state index is 12.0. The highest BCUT2D eigenvalue weighted by atomic mass is 16.1. The molecule has 24 heavy (non-hydrogen) atoms. The number of amides is 1. The summed E-state index contributed by atoms with van der Waals surface area (Å²) in [6, 6.07) is 0. The van der Waals surface area contributed by atoms with Crippen LogP contribution in [0, 0.1) is 11.8 Å². The SMILES string of the molecule is CCC/C=C(C#CC1=C/C=C\C=C/C=C\1)/C(C(N)=O)=C(/C)N(C)C. The molecule has 0 aromatic heterocycles. The fourth-order valence-corrected chi connectivity index (χ4v) is 2.02. The topological polar surface area (TPSA) is 46.3 Å². The van der Waals surface area contributed by atoms with Crippen LogP contribution in [0.1, 0.15) is 26.7 Å². The highest BCUT2D eigenvalue weighted by Crippen LogP contribution is 2.17. The average Bonchev–Trinajstić information content (AvgIpc) is 2.50. The first-order chi connectivity index (χ1) is 11.5. The molecule has 3 nitrogen and oxygen atoms in total. The third kappa shape index (κ3) is 6.18. The van der Waals surface area contributed by atoms with Crippen LogP contribution in [-0.4, -0.2) is 24.9 Å². The first-order valence-electron chi connectivity index (χ1n) is 8.09. The van der Waals surface area contributed by atoms with Gasteiger partial charge in [-0.05, 0) is 25.5 Å². The molecule has 0 atom stereocenters. The van der Waals surface area contributed by atoms with Crippen LogP contribution in [0.2, 0.25) is 0 Å². The summed E-state index contributed by atoms with van der Waals surface area (Å²) < 4.78 is 0. The number of hydrogen-bond donors (Lipinski definition) is 1. The summed E-state index contributed by atoms with van der Waals surface area (Å²) in [4.78, 5) is 13.9. The second kappa shape index (κ2) is 10.1. The lowest BCUT2D eigenvalue weighted by Crippen LogP contribution is -2.22. The lowest BCUT2D eigenvalue weighted by Gasteiger charge is -2.17. The van der Waals surface area contributed by atoms with E-state index < -0.39 is 5.91 Å². The first kappa shape index (κ1) is 19.3. The predicted molar refractivity (Wildman–Crippen MR) is 102 cm³/mol. The largest absolute Gasteiger partial charge is 0.380 e. The van der Waals surface area contributed by atoms with E-state index in [-0.39, 0.29) is 0 Å². The Morgan fingerprint density at radius 2 is 1.88 bits per heavy atom. The molecule has 1 amide bonds. The number of rotatable bonds is 5. The minimum absolute atomic E-state index is 0.456. The van der Waals surface area contributed by atoms with E-state index in [2.05, 4.69) is 18.8 Å². The Kier molecular flexibility index (Phi) is 8.15. The van der Waals surface area contributed by atoms with E-state index in [1.54, 1.807) is 0 Å². The number of nitrogens with two attached hydrogens (primary N) is 1. The molecule has 0 spiro atoms. The zero-order valence-electron chi connectivity index (χ0n) is 15.0. The van der Waals surface area contributed by atoms with Crippen molar-refractivity contribution in [2.75, 3.05) is 14.1 Å². The summed E-state index contributed by atoms with van der Waals surface area (Å²) in [6.07, 6.45) is 17.4. The highest BCUT2D eigenvalue weighted by Gasteiger charge is 2.14. The minimum atomic E-state index is -0.456. The van der Waals surface area contributed by atoms with Crippen molar-refractivity contribution < 1.29 is 4.79 Å². The van der Waals surface area contributed by atoms with Crippen LogP contribution in [0.4, 0.5) is 0 Å². The molecule has 0 aromatic rings. The molecule has 0 fully saturated rings. The molecule has 0 saturated heterocycles. The summed E-state index contributed by atoms with van der Waals surface area (Å²) in [5, 5.41) is 0. The third-order valence-corrected chi connectivity index (χ3v) is 3.52. The van der Waals surface area contributed by atoms with E-state index in [0.717, 1.165) is 24.1 Å². The van der Waals surface area contributed by atoms with E-state index in [1.165, 1.54) is 0 Å². The standard InChI is InChI=1S/C21H26N2O/c1-5-6-14-19(20(21(22)24)17(2)23(3)4)16-15-18-12-10-8-7-9-11-13-18/h7-14H,5-6H2,1-4H3,(H2,22,24)/b8-7-,9-7?,10-8?,11-9-,12-10-,13-11?,18-12?,18-13+,19-14+,20-17+. The number of carbonyl (C=O) groups is 1. The van der Waals surface area contributed by atoms with Crippen LogP contribution in [0.25, 0.3) is 0 Å². The van der Waals surface area contributed by atoms with Gasteiger partial charge in [0.2, 0.25) is 0 Å². The third-order valence-electron chi connectivity index (χ3n) is 3.52. The van der Waals surface area contributed by atoms with Crippen molar-refractivity contribution in [2.24, 2.45) is 5.73 Å². The molecule has 1 aliphatic carbocycles. The van der Waals surface area contributed by atoms with E-state index in [9.17, 15) is 4.79 Å². The molecular weight excluding hydrogens is 296 g/mol. The van der Waals surface area contributed by atoms with E-state index >= 15 is 0 Å². The van der Waals surface area contributed by atoms with E-state index in [0.29, 0.717) is 11.1 Å². The molecule has 0 heterocycles. The second-order valence-electron chi connectivity index (χ2n) is 5.63. The average molecular weight is 322 g/mol. The summed E-state index contributed by atoms with van der Waals surface area (Å²) in [5.41, 5.74) is 8.47. The molecule has 0 unspecified atom stereocenters. The van der Waals surface area contributed by atoms with Crippen LogP contribution in [0.3, 0.4) is 0 Å². The van der Waals surface area contributed by atoms with Crippen molar-refractivity contribution in [1.29, 1.82) is 0 Å². The first-order valence-corrected chi connectivity index (χ1v) is 8.09. The Labute approximate surface area is 145 Å². The van der Waals surface area contributed by atoms with Gasteiger partial charge in [0.15, 0.2) is 0 Å². The molecule has 0 radical (unpaired) electrons. The van der Waals surface area contributed by atoms with Gasteiger partial charge in [-0.2, -0.15) is 0 Å². The number of hydrogen-bond acceptors (Lipinski definition) is 2. The van der Waals surface area contributed by atoms with Crippen molar-refractivity contribution >= 4 is 5.91 Å². The molecular formula is C21H26N2O. The minimum Gasteiger partial charge on any atom is -0.380 e. The quantitative estimate of drug-likeness (QED) is 0.477. The normalized spacial score (nSPS) is 21.0. The van der Waals surface area contributed by atoms with Gasteiger partial charge in [0.05, 0.1) is 5.57 Å². The number of allylic oxidation sites excluding steroid dienone is 10. The molecule has 1 rings (SSSR count). The maximum absolute atomic E-state index is 12.0. The maximum Gasteiger partial charge on any atom is 0.251 e.